The molecule has 29 heavy (non-hydrogen) atoms. The molecule has 1 aliphatic rings. The Hall–Kier alpha value is -2.29. The number of nitrogens with zero attached hydrogens (tertiary/aromatic N) is 2. The third-order valence-corrected chi connectivity index (χ3v) is 5.82. The second kappa shape index (κ2) is 9.02. The van der Waals surface area contributed by atoms with E-state index in [1.165, 1.54) is 31.0 Å². The number of thioether (sulfide) groups is 1. The van der Waals surface area contributed by atoms with Gasteiger partial charge in [-0.25, -0.2) is 9.79 Å². The quantitative estimate of drug-likeness (QED) is 0.559. The Morgan fingerprint density at radius 2 is 2.03 bits per heavy atom. The number of hydrogen-bond acceptors (Lipinski definition) is 5. The molecule has 0 bridgehead atoms. The summed E-state index contributed by atoms with van der Waals surface area (Å²) in [7, 11) is 1.52. The fourth-order valence-corrected chi connectivity index (χ4v) is 4.67. The van der Waals surface area contributed by atoms with Crippen LogP contribution in [-0.4, -0.2) is 40.7 Å². The van der Waals surface area contributed by atoms with Crippen molar-refractivity contribution in [1.29, 1.82) is 0 Å². The van der Waals surface area contributed by atoms with Gasteiger partial charge in [-0.15, -0.1) is 0 Å². The molecule has 0 aliphatic carbocycles. The summed E-state index contributed by atoms with van der Waals surface area (Å²) >= 11 is 10.9. The average molecular weight is 496 g/mol. The topological polar surface area (TPSA) is 79.2 Å². The molecular weight excluding hydrogens is 480 g/mol. The van der Waals surface area contributed by atoms with Crippen molar-refractivity contribution in [3.8, 4) is 5.75 Å². The highest BCUT2D eigenvalue weighted by Crippen LogP contribution is 2.38. The van der Waals surface area contributed by atoms with Gasteiger partial charge in [-0.2, -0.15) is 0 Å². The summed E-state index contributed by atoms with van der Waals surface area (Å²) in [5.41, 5.74) is 1.41. The SMILES string of the molecule is CCN1C(=O)C(=Cc2cc(Br)cc(Cl)c2OC)SC1=Nc1ccc(C(=O)O)cc1. The lowest BCUT2D eigenvalue weighted by Gasteiger charge is -2.12. The zero-order valence-electron chi connectivity index (χ0n) is 15.5. The number of carbonyl (C=O) groups excluding carboxylic acids is 1. The minimum Gasteiger partial charge on any atom is -0.495 e. The van der Waals surface area contributed by atoms with E-state index < -0.39 is 5.97 Å². The number of methoxy groups -OCH3 is 1. The van der Waals surface area contributed by atoms with Gasteiger partial charge in [-0.05, 0) is 61.2 Å². The average Bonchev–Trinajstić information content (AvgIpc) is 2.96. The van der Waals surface area contributed by atoms with Crippen LogP contribution in [0.25, 0.3) is 6.08 Å². The number of amides is 1. The molecule has 1 heterocycles. The number of rotatable bonds is 5. The van der Waals surface area contributed by atoms with E-state index in [0.717, 1.165) is 4.47 Å². The minimum absolute atomic E-state index is 0.170. The van der Waals surface area contributed by atoms with Crippen LogP contribution < -0.4 is 4.74 Å². The van der Waals surface area contributed by atoms with Crippen molar-refractivity contribution in [2.45, 2.75) is 6.92 Å². The molecule has 0 spiro atoms. The maximum absolute atomic E-state index is 12.8. The van der Waals surface area contributed by atoms with Gasteiger partial charge in [0.2, 0.25) is 0 Å². The van der Waals surface area contributed by atoms with Crippen molar-refractivity contribution < 1.29 is 19.4 Å². The van der Waals surface area contributed by atoms with E-state index in [-0.39, 0.29) is 11.5 Å². The number of hydrogen-bond donors (Lipinski definition) is 1. The number of benzene rings is 2. The third kappa shape index (κ3) is 4.66. The lowest BCUT2D eigenvalue weighted by atomic mass is 10.2. The minimum atomic E-state index is -1.00. The predicted octanol–water partition coefficient (Wildman–Crippen LogP) is 5.43. The van der Waals surface area contributed by atoms with Crippen LogP contribution in [0.1, 0.15) is 22.8 Å². The summed E-state index contributed by atoms with van der Waals surface area (Å²) < 4.78 is 6.14. The monoisotopic (exact) mass is 494 g/mol. The Balaban J connectivity index is 1.97. The second-order valence-corrected chi connectivity index (χ2v) is 8.25. The molecule has 150 valence electrons. The second-order valence-electron chi connectivity index (χ2n) is 5.92. The fraction of sp³-hybridized carbons (Fsp3) is 0.150. The highest BCUT2D eigenvalue weighted by Gasteiger charge is 2.32. The molecule has 1 saturated heterocycles. The van der Waals surface area contributed by atoms with Gasteiger partial charge in [-0.3, -0.25) is 9.69 Å². The van der Waals surface area contributed by atoms with E-state index in [1.54, 1.807) is 29.2 Å². The number of likely N-dealkylation sites (N-methyl/N-ethyl adjacent to an activating group) is 1. The molecule has 2 aromatic carbocycles. The summed E-state index contributed by atoms with van der Waals surface area (Å²) in [6.07, 6.45) is 1.72. The van der Waals surface area contributed by atoms with Crippen LogP contribution in [0.15, 0.2) is 50.8 Å². The van der Waals surface area contributed by atoms with Crippen molar-refractivity contribution in [1.82, 2.24) is 4.90 Å². The van der Waals surface area contributed by atoms with Crippen molar-refractivity contribution >= 4 is 68.1 Å². The third-order valence-electron chi connectivity index (χ3n) is 4.07. The number of aliphatic imine (C=N–C) groups is 1. The van der Waals surface area contributed by atoms with Gasteiger partial charge in [0, 0.05) is 16.6 Å². The van der Waals surface area contributed by atoms with Crippen LogP contribution in [0.2, 0.25) is 5.02 Å². The molecule has 0 aromatic heterocycles. The molecular formula is C20H16BrClN2O4S. The van der Waals surface area contributed by atoms with E-state index in [1.807, 2.05) is 13.0 Å². The maximum atomic E-state index is 12.8. The molecule has 1 amide bonds. The molecule has 9 heteroatoms. The summed E-state index contributed by atoms with van der Waals surface area (Å²) in [4.78, 5) is 30.4. The van der Waals surface area contributed by atoms with Gasteiger partial charge in [0.15, 0.2) is 5.17 Å². The van der Waals surface area contributed by atoms with E-state index in [9.17, 15) is 9.59 Å². The molecule has 6 nitrogen and oxygen atoms in total. The van der Waals surface area contributed by atoms with Crippen LogP contribution in [0.5, 0.6) is 5.75 Å². The van der Waals surface area contributed by atoms with Gasteiger partial charge in [0.25, 0.3) is 5.91 Å². The molecule has 1 N–H and O–H groups in total. The Morgan fingerprint density at radius 3 is 2.62 bits per heavy atom. The molecule has 3 rings (SSSR count). The number of aromatic carboxylic acids is 1. The number of carboxylic acid groups (broad SMARTS) is 1. The Bertz CT molecular complexity index is 1040. The van der Waals surface area contributed by atoms with E-state index in [2.05, 4.69) is 20.9 Å². The van der Waals surface area contributed by atoms with Crippen LogP contribution in [0.4, 0.5) is 5.69 Å². The summed E-state index contributed by atoms with van der Waals surface area (Å²) in [5.74, 6) is -0.693. The molecule has 0 saturated carbocycles. The molecule has 1 fully saturated rings. The largest absolute Gasteiger partial charge is 0.495 e. The summed E-state index contributed by atoms with van der Waals surface area (Å²) in [6.45, 7) is 2.31. The number of carboxylic acids is 1. The molecule has 2 aromatic rings. The molecule has 0 unspecified atom stereocenters. The lowest BCUT2D eigenvalue weighted by Crippen LogP contribution is -2.28. The highest BCUT2D eigenvalue weighted by molar-refractivity contribution is 9.10. The van der Waals surface area contributed by atoms with Gasteiger partial charge >= 0.3 is 5.97 Å². The first kappa shape index (κ1) is 21.4. The first-order chi connectivity index (χ1) is 13.8. The summed E-state index contributed by atoms with van der Waals surface area (Å²) in [6, 6.07) is 9.71. The predicted molar refractivity (Wildman–Crippen MR) is 119 cm³/mol. The molecule has 0 atom stereocenters. The zero-order chi connectivity index (χ0) is 21.1. The zero-order valence-corrected chi connectivity index (χ0v) is 18.6. The fourth-order valence-electron chi connectivity index (χ4n) is 2.70. The van der Waals surface area contributed by atoms with Gasteiger partial charge < -0.3 is 9.84 Å². The first-order valence-electron chi connectivity index (χ1n) is 8.50. The van der Waals surface area contributed by atoms with Crippen molar-refractivity contribution in [2.24, 2.45) is 4.99 Å². The number of ether oxygens (including phenoxy) is 1. The van der Waals surface area contributed by atoms with Crippen molar-refractivity contribution in [3.05, 3.63) is 61.9 Å². The molecule has 0 radical (unpaired) electrons. The van der Waals surface area contributed by atoms with E-state index in [4.69, 9.17) is 21.4 Å². The van der Waals surface area contributed by atoms with E-state index >= 15 is 0 Å². The van der Waals surface area contributed by atoms with E-state index in [0.29, 0.717) is 38.6 Å². The number of halogens is 2. The van der Waals surface area contributed by atoms with Gasteiger partial charge in [0.1, 0.15) is 5.75 Å². The summed E-state index contributed by atoms with van der Waals surface area (Å²) in [5, 5.41) is 9.96. The van der Waals surface area contributed by atoms with Crippen LogP contribution in [-0.2, 0) is 4.79 Å². The Kier molecular flexibility index (Phi) is 6.66. The number of amidine groups is 1. The van der Waals surface area contributed by atoms with Crippen LogP contribution in [0, 0.1) is 0 Å². The first-order valence-corrected chi connectivity index (χ1v) is 10.5. The Morgan fingerprint density at radius 1 is 1.34 bits per heavy atom. The number of carbonyl (C=O) groups is 2. The van der Waals surface area contributed by atoms with Gasteiger partial charge in [-0.1, -0.05) is 27.5 Å². The maximum Gasteiger partial charge on any atom is 0.335 e. The molecule has 1 aliphatic heterocycles. The van der Waals surface area contributed by atoms with Crippen molar-refractivity contribution in [3.63, 3.8) is 0 Å². The van der Waals surface area contributed by atoms with Crippen LogP contribution in [0.3, 0.4) is 0 Å². The van der Waals surface area contributed by atoms with Crippen LogP contribution >= 0.6 is 39.3 Å². The lowest BCUT2D eigenvalue weighted by molar-refractivity contribution is -0.122. The highest BCUT2D eigenvalue weighted by atomic mass is 79.9. The normalized spacial score (nSPS) is 16.7. The van der Waals surface area contributed by atoms with Gasteiger partial charge in [0.05, 0.1) is 28.3 Å². The smallest absolute Gasteiger partial charge is 0.335 e. The standard InChI is InChI=1S/C20H16BrClN2O4S/c1-3-24-18(25)16(9-12-8-13(21)10-15(22)17(12)28-2)29-20(24)23-14-6-4-11(5-7-14)19(26)27/h4-10H,3H2,1-2H3,(H,26,27). The van der Waals surface area contributed by atoms with Crippen molar-refractivity contribution in [2.75, 3.05) is 13.7 Å². The Labute approximate surface area is 185 Å².